The lowest BCUT2D eigenvalue weighted by Crippen LogP contribution is -2.30. The average Bonchev–Trinajstić information content (AvgIpc) is 3.21. The molecule has 6 heteroatoms. The van der Waals surface area contributed by atoms with E-state index in [1.165, 1.54) is 29.5 Å². The minimum atomic E-state index is -0.700. The van der Waals surface area contributed by atoms with Gasteiger partial charge in [-0.1, -0.05) is 45.0 Å². The number of nitrogens with one attached hydrogen (secondary N) is 1. The van der Waals surface area contributed by atoms with Gasteiger partial charge >= 0.3 is 0 Å². The lowest BCUT2D eigenvalue weighted by Gasteiger charge is -2.20. The number of anilines is 1. The molecular weight excluding hydrogens is 390 g/mol. The fraction of sp³-hybridized carbons (Fsp3) is 0.400. The Balaban J connectivity index is 1.44. The molecule has 1 atom stereocenters. The van der Waals surface area contributed by atoms with Crippen molar-refractivity contribution in [3.8, 4) is 17.0 Å². The first-order valence-corrected chi connectivity index (χ1v) is 10.8. The van der Waals surface area contributed by atoms with Crippen molar-refractivity contribution in [2.24, 2.45) is 0 Å². The smallest absolute Gasteiger partial charge is 0.266 e. The second-order valence-electron chi connectivity index (χ2n) is 9.18. The summed E-state index contributed by atoms with van der Waals surface area (Å²) in [6, 6.07) is 14.1. The summed E-state index contributed by atoms with van der Waals surface area (Å²) in [5.41, 5.74) is 5.41. The molecule has 1 amide bonds. The lowest BCUT2D eigenvalue weighted by atomic mass is 9.87. The molecule has 6 nitrogen and oxygen atoms in total. The third-order valence-electron chi connectivity index (χ3n) is 5.75. The highest BCUT2D eigenvalue weighted by Crippen LogP contribution is 2.30. The highest BCUT2D eigenvalue weighted by Gasteiger charge is 2.22. The van der Waals surface area contributed by atoms with Gasteiger partial charge in [0.1, 0.15) is 5.75 Å². The molecule has 1 aliphatic carbocycles. The van der Waals surface area contributed by atoms with E-state index < -0.39 is 6.10 Å². The van der Waals surface area contributed by atoms with E-state index >= 15 is 0 Å². The van der Waals surface area contributed by atoms with Gasteiger partial charge in [0, 0.05) is 5.56 Å². The normalized spacial score (nSPS) is 14.6. The van der Waals surface area contributed by atoms with E-state index in [0.717, 1.165) is 18.4 Å². The van der Waals surface area contributed by atoms with Crippen molar-refractivity contribution in [1.82, 2.24) is 10.3 Å². The van der Waals surface area contributed by atoms with Crippen LogP contribution in [0.1, 0.15) is 57.2 Å². The summed E-state index contributed by atoms with van der Waals surface area (Å²) in [5.74, 6) is 0.637. The number of carbonyl (C=O) groups is 1. The standard InChI is InChI=1S/C25H29N3O3/c1-16(30-21-13-11-20(12-14-21)25(2,3)4)24(29)26-23-22(27-31-28-23)19-10-9-17-7-5-6-8-18(17)15-19/h9-16H,5-8H2,1-4H3,(H,26,28,29). The first kappa shape index (κ1) is 21.1. The molecule has 4 rings (SSSR count). The molecule has 0 saturated heterocycles. The predicted octanol–water partition coefficient (Wildman–Crippen LogP) is 5.32. The molecule has 31 heavy (non-hydrogen) atoms. The molecule has 0 saturated carbocycles. The number of hydrogen-bond donors (Lipinski definition) is 1. The molecule has 1 heterocycles. The van der Waals surface area contributed by atoms with Gasteiger partial charge in [0.2, 0.25) is 5.82 Å². The van der Waals surface area contributed by atoms with Crippen LogP contribution in [0.15, 0.2) is 47.1 Å². The van der Waals surface area contributed by atoms with Gasteiger partial charge in [-0.2, -0.15) is 0 Å². The van der Waals surface area contributed by atoms with E-state index in [9.17, 15) is 4.79 Å². The number of rotatable bonds is 5. The second-order valence-corrected chi connectivity index (χ2v) is 9.18. The molecule has 0 bridgehead atoms. The van der Waals surface area contributed by atoms with Gasteiger partial charge in [-0.15, -0.1) is 0 Å². The van der Waals surface area contributed by atoms with Crippen LogP contribution in [0.5, 0.6) is 5.75 Å². The minimum Gasteiger partial charge on any atom is -0.481 e. The highest BCUT2D eigenvalue weighted by molar-refractivity contribution is 5.96. The number of fused-ring (bicyclic) bond motifs is 1. The molecule has 1 N–H and O–H groups in total. The van der Waals surface area contributed by atoms with E-state index in [-0.39, 0.29) is 11.3 Å². The number of amides is 1. The Bertz CT molecular complexity index is 1060. The van der Waals surface area contributed by atoms with E-state index in [1.807, 2.05) is 30.3 Å². The predicted molar refractivity (Wildman–Crippen MR) is 120 cm³/mol. The summed E-state index contributed by atoms with van der Waals surface area (Å²) in [5, 5.41) is 10.7. The maximum atomic E-state index is 12.7. The van der Waals surface area contributed by atoms with Gasteiger partial charge in [-0.3, -0.25) is 4.79 Å². The third-order valence-corrected chi connectivity index (χ3v) is 5.75. The molecule has 0 fully saturated rings. The maximum absolute atomic E-state index is 12.7. The van der Waals surface area contributed by atoms with Gasteiger partial charge in [-0.25, -0.2) is 4.63 Å². The van der Waals surface area contributed by atoms with Crippen LogP contribution in [-0.2, 0) is 23.1 Å². The van der Waals surface area contributed by atoms with Crippen LogP contribution in [0.2, 0.25) is 0 Å². The highest BCUT2D eigenvalue weighted by atomic mass is 16.6. The van der Waals surface area contributed by atoms with Crippen LogP contribution in [0.4, 0.5) is 5.82 Å². The van der Waals surface area contributed by atoms with Crippen molar-refractivity contribution in [3.63, 3.8) is 0 Å². The Morgan fingerprint density at radius 2 is 1.74 bits per heavy atom. The Labute approximate surface area is 183 Å². The number of aryl methyl sites for hydroxylation is 2. The zero-order valence-electron chi connectivity index (χ0n) is 18.6. The Hall–Kier alpha value is -3.15. The van der Waals surface area contributed by atoms with Crippen molar-refractivity contribution in [2.45, 2.75) is 64.9 Å². The maximum Gasteiger partial charge on any atom is 0.266 e. The number of ether oxygens (including phenoxy) is 1. The molecule has 0 aliphatic heterocycles. The van der Waals surface area contributed by atoms with Crippen molar-refractivity contribution in [2.75, 3.05) is 5.32 Å². The average molecular weight is 420 g/mol. The van der Waals surface area contributed by atoms with Crippen molar-refractivity contribution < 1.29 is 14.2 Å². The van der Waals surface area contributed by atoms with E-state index in [0.29, 0.717) is 17.3 Å². The second kappa shape index (κ2) is 8.53. The van der Waals surface area contributed by atoms with E-state index in [4.69, 9.17) is 9.37 Å². The van der Waals surface area contributed by atoms with Crippen LogP contribution in [0, 0.1) is 0 Å². The molecule has 3 aromatic rings. The Kier molecular flexibility index (Phi) is 5.81. The Morgan fingerprint density at radius 3 is 2.45 bits per heavy atom. The molecule has 0 radical (unpaired) electrons. The summed E-state index contributed by atoms with van der Waals surface area (Å²) < 4.78 is 10.8. The molecule has 2 aromatic carbocycles. The number of hydrogen-bond acceptors (Lipinski definition) is 5. The Morgan fingerprint density at radius 1 is 1.03 bits per heavy atom. The van der Waals surface area contributed by atoms with Gasteiger partial charge in [0.05, 0.1) is 0 Å². The molecule has 1 aromatic heterocycles. The van der Waals surface area contributed by atoms with Crippen molar-refractivity contribution in [1.29, 1.82) is 0 Å². The first-order valence-electron chi connectivity index (χ1n) is 10.8. The van der Waals surface area contributed by atoms with Crippen LogP contribution in [0.25, 0.3) is 11.3 Å². The van der Waals surface area contributed by atoms with Crippen molar-refractivity contribution in [3.05, 3.63) is 59.2 Å². The zero-order valence-corrected chi connectivity index (χ0v) is 18.6. The topological polar surface area (TPSA) is 77.2 Å². The summed E-state index contributed by atoms with van der Waals surface area (Å²) in [6.07, 6.45) is 3.91. The molecule has 162 valence electrons. The fourth-order valence-corrected chi connectivity index (χ4v) is 3.85. The molecule has 1 unspecified atom stereocenters. The van der Waals surface area contributed by atoms with Crippen LogP contribution >= 0.6 is 0 Å². The van der Waals surface area contributed by atoms with E-state index in [2.05, 4.69) is 48.5 Å². The molecule has 0 spiro atoms. The van der Waals surface area contributed by atoms with Gasteiger partial charge in [0.25, 0.3) is 5.91 Å². The van der Waals surface area contributed by atoms with Crippen molar-refractivity contribution >= 4 is 11.7 Å². The minimum absolute atomic E-state index is 0.0640. The number of nitrogens with zero attached hydrogens (tertiary/aromatic N) is 2. The SMILES string of the molecule is CC(Oc1ccc(C(C)(C)C)cc1)C(=O)Nc1nonc1-c1ccc2c(c1)CCCC2. The molecule has 1 aliphatic rings. The zero-order chi connectivity index (χ0) is 22.0. The van der Waals surface area contributed by atoms with Crippen LogP contribution in [-0.4, -0.2) is 22.3 Å². The van der Waals surface area contributed by atoms with Gasteiger partial charge < -0.3 is 10.1 Å². The lowest BCUT2D eigenvalue weighted by molar-refractivity contribution is -0.122. The van der Waals surface area contributed by atoms with Crippen LogP contribution in [0.3, 0.4) is 0 Å². The number of aromatic nitrogens is 2. The van der Waals surface area contributed by atoms with E-state index in [1.54, 1.807) is 6.92 Å². The number of benzene rings is 2. The summed E-state index contributed by atoms with van der Waals surface area (Å²) in [4.78, 5) is 12.7. The summed E-state index contributed by atoms with van der Waals surface area (Å²) in [7, 11) is 0. The monoisotopic (exact) mass is 419 g/mol. The summed E-state index contributed by atoms with van der Waals surface area (Å²) >= 11 is 0. The quantitative estimate of drug-likeness (QED) is 0.606. The molecular formula is C25H29N3O3. The summed E-state index contributed by atoms with van der Waals surface area (Å²) in [6.45, 7) is 8.18. The van der Waals surface area contributed by atoms with Gasteiger partial charge in [-0.05, 0) is 83.2 Å². The fourth-order valence-electron chi connectivity index (χ4n) is 3.85. The number of carbonyl (C=O) groups excluding carboxylic acids is 1. The third kappa shape index (κ3) is 4.79. The van der Waals surface area contributed by atoms with Gasteiger partial charge in [0.15, 0.2) is 11.8 Å². The largest absolute Gasteiger partial charge is 0.481 e. The first-order chi connectivity index (χ1) is 14.8. The van der Waals surface area contributed by atoms with Crippen LogP contribution < -0.4 is 10.1 Å².